The minimum absolute atomic E-state index is 0.0170. The van der Waals surface area contributed by atoms with E-state index in [0.29, 0.717) is 6.42 Å². The molecule has 1 aliphatic heterocycles. The minimum atomic E-state index is -1.19. The molecule has 1 heterocycles. The number of hydrogen-bond donors (Lipinski definition) is 2. The number of fused-ring (bicyclic) bond motifs is 1. The molecule has 9 nitrogen and oxygen atoms in total. The minimum Gasteiger partial charge on any atom is -0.460 e. The van der Waals surface area contributed by atoms with E-state index >= 15 is 0 Å². The van der Waals surface area contributed by atoms with Gasteiger partial charge in [-0.1, -0.05) is 31.4 Å². The van der Waals surface area contributed by atoms with E-state index in [1.165, 1.54) is 11.0 Å². The fraction of sp³-hybridized carbons (Fsp3) is 0.700. The Bertz CT molecular complexity index is 1050. The number of carbonyl (C=O) groups excluding carboxylic acids is 5. The van der Waals surface area contributed by atoms with Crippen molar-refractivity contribution < 1.29 is 28.7 Å². The van der Waals surface area contributed by atoms with Gasteiger partial charge in [0.05, 0.1) is 18.4 Å². The van der Waals surface area contributed by atoms with Crippen LogP contribution in [0, 0.1) is 23.7 Å². The zero-order valence-electron chi connectivity index (χ0n) is 24.3. The smallest absolute Gasteiger partial charge is 0.307 e. The summed E-state index contributed by atoms with van der Waals surface area (Å²) in [6.45, 7) is 12.8. The largest absolute Gasteiger partial charge is 0.460 e. The molecule has 0 aromatic carbocycles. The van der Waals surface area contributed by atoms with Crippen LogP contribution in [0.15, 0.2) is 25.3 Å². The third-order valence-corrected chi connectivity index (χ3v) is 9.21. The van der Waals surface area contributed by atoms with Crippen LogP contribution in [0.3, 0.4) is 0 Å². The Kier molecular flexibility index (Phi) is 11.1. The molecule has 3 fully saturated rings. The first-order valence-corrected chi connectivity index (χ1v) is 15.2. The summed E-state index contributed by atoms with van der Waals surface area (Å²) < 4.78 is 4.37. The number of ether oxygens (including phenoxy) is 1. The number of rotatable bonds is 13. The van der Waals surface area contributed by atoms with Gasteiger partial charge in [-0.2, -0.15) is 0 Å². The van der Waals surface area contributed by atoms with Gasteiger partial charge in [0.2, 0.25) is 17.6 Å². The Morgan fingerprint density at radius 2 is 1.73 bits per heavy atom. The van der Waals surface area contributed by atoms with Crippen LogP contribution < -0.4 is 10.6 Å². The monoisotopic (exact) mass is 611 g/mol. The number of piperidine rings is 1. The molecule has 0 bridgehead atoms. The van der Waals surface area contributed by atoms with Crippen molar-refractivity contribution in [3.8, 4) is 0 Å². The number of ketones is 1. The zero-order valence-corrected chi connectivity index (χ0v) is 25.8. The molecule has 5 atom stereocenters. The number of allylic oxidation sites excluding steroid dienone is 1. The highest BCUT2D eigenvalue weighted by atomic mass is 35.5. The molecule has 2 aliphatic carbocycles. The lowest BCUT2D eigenvalue weighted by molar-refractivity contribution is -0.160. The quantitative estimate of drug-likeness (QED) is 0.141. The maximum absolute atomic E-state index is 14.2. The van der Waals surface area contributed by atoms with Crippen LogP contribution in [-0.4, -0.2) is 69.5 Å². The predicted molar refractivity (Wildman–Crippen MR) is 157 cm³/mol. The maximum Gasteiger partial charge on any atom is 0.307 e. The molecule has 0 spiro atoms. The van der Waals surface area contributed by atoms with E-state index in [4.69, 9.17) is 27.9 Å². The van der Waals surface area contributed by atoms with Crippen LogP contribution in [0.4, 0.5) is 0 Å². The number of alkyl halides is 2. The van der Waals surface area contributed by atoms with E-state index in [0.717, 1.165) is 32.1 Å². The highest BCUT2D eigenvalue weighted by Gasteiger charge is 2.74. The van der Waals surface area contributed by atoms with Crippen LogP contribution in [0.5, 0.6) is 0 Å². The molecule has 228 valence electrons. The topological polar surface area (TPSA) is 122 Å². The number of esters is 1. The Morgan fingerprint density at radius 3 is 2.32 bits per heavy atom. The molecule has 0 radical (unpaired) electrons. The summed E-state index contributed by atoms with van der Waals surface area (Å²) >= 11 is 13.0. The molecular weight excluding hydrogens is 569 g/mol. The van der Waals surface area contributed by atoms with E-state index in [2.05, 4.69) is 23.8 Å². The van der Waals surface area contributed by atoms with Crippen molar-refractivity contribution >= 4 is 52.7 Å². The van der Waals surface area contributed by atoms with E-state index < -0.39 is 57.4 Å². The van der Waals surface area contributed by atoms with Crippen molar-refractivity contribution in [2.75, 3.05) is 13.1 Å². The summed E-state index contributed by atoms with van der Waals surface area (Å²) in [6, 6.07) is -2.17. The molecule has 3 aliphatic rings. The molecular formula is C30H43Cl2N3O6. The first-order chi connectivity index (χ1) is 19.2. The van der Waals surface area contributed by atoms with E-state index in [-0.39, 0.29) is 43.7 Å². The van der Waals surface area contributed by atoms with Gasteiger partial charge in [0.15, 0.2) is 0 Å². The number of likely N-dealkylation sites (tertiary alicyclic amines) is 1. The molecule has 11 heteroatoms. The normalized spacial score (nSPS) is 24.8. The Morgan fingerprint density at radius 1 is 1.07 bits per heavy atom. The van der Waals surface area contributed by atoms with E-state index in [1.807, 2.05) is 0 Å². The number of amides is 3. The zero-order chi connectivity index (χ0) is 30.5. The Hall–Kier alpha value is -2.39. The summed E-state index contributed by atoms with van der Waals surface area (Å²) in [7, 11) is 0. The molecule has 2 saturated carbocycles. The fourth-order valence-corrected chi connectivity index (χ4v) is 6.95. The van der Waals surface area contributed by atoms with Crippen molar-refractivity contribution in [1.29, 1.82) is 0 Å². The molecule has 41 heavy (non-hydrogen) atoms. The lowest BCUT2D eigenvalue weighted by atomic mass is 9.77. The van der Waals surface area contributed by atoms with Crippen molar-refractivity contribution in [3.05, 3.63) is 25.3 Å². The first kappa shape index (κ1) is 33.1. The summed E-state index contributed by atoms with van der Waals surface area (Å²) in [4.78, 5) is 67.6. The predicted octanol–water partition coefficient (Wildman–Crippen LogP) is 3.87. The number of Topliss-reactive ketones (excluding diaryl/α,β-unsaturated/α-hetero) is 1. The van der Waals surface area contributed by atoms with Gasteiger partial charge in [-0.15, -0.1) is 36.4 Å². The number of nitrogens with one attached hydrogen (secondary N) is 2. The second-order valence-electron chi connectivity index (χ2n) is 12.3. The van der Waals surface area contributed by atoms with Crippen LogP contribution in [0.2, 0.25) is 0 Å². The van der Waals surface area contributed by atoms with Gasteiger partial charge in [-0.3, -0.25) is 24.0 Å². The summed E-state index contributed by atoms with van der Waals surface area (Å²) in [5, 5.41) is 5.14. The van der Waals surface area contributed by atoms with Crippen molar-refractivity contribution in [3.63, 3.8) is 0 Å². The van der Waals surface area contributed by atoms with Crippen LogP contribution in [0.1, 0.15) is 72.1 Å². The molecule has 2 N–H and O–H groups in total. The Labute approximate surface area is 252 Å². The number of carbonyl (C=O) groups is 5. The number of nitrogens with zero attached hydrogens (tertiary/aromatic N) is 1. The Balaban J connectivity index is 1.85. The SMILES string of the molecule is C=CCCC(NC(=O)C1C2C(CN1C(=O)C(CC(=O)OC(C)(C)C)C1CCCCC1)C2(Cl)Cl)C(=O)C(=O)NCC=C. The van der Waals surface area contributed by atoms with Crippen molar-refractivity contribution in [2.24, 2.45) is 23.7 Å². The van der Waals surface area contributed by atoms with Crippen LogP contribution >= 0.6 is 23.2 Å². The van der Waals surface area contributed by atoms with E-state index in [9.17, 15) is 24.0 Å². The summed E-state index contributed by atoms with van der Waals surface area (Å²) in [5.74, 6) is -4.55. The molecule has 5 unspecified atom stereocenters. The molecule has 3 rings (SSSR count). The van der Waals surface area contributed by atoms with Gasteiger partial charge in [-0.05, 0) is 52.4 Å². The van der Waals surface area contributed by atoms with Gasteiger partial charge >= 0.3 is 5.97 Å². The molecule has 3 amide bonds. The average molecular weight is 613 g/mol. The summed E-state index contributed by atoms with van der Waals surface area (Å²) in [5.41, 5.74) is -0.698. The van der Waals surface area contributed by atoms with E-state index in [1.54, 1.807) is 26.8 Å². The standard InChI is InChI=1S/C30H43Cl2N3O6/c1-6-8-14-21(25(37)27(39)33-15-7-2)34-26(38)24-23-20(30(23,31)32)17-35(24)28(40)19(18-12-10-9-11-13-18)16-22(36)41-29(3,4)5/h6-7,18-21,23-24H,1-2,8-17H2,3-5H3,(H,33,39)(H,34,38). The fourth-order valence-electron chi connectivity index (χ4n) is 6.12. The first-order valence-electron chi connectivity index (χ1n) is 14.5. The van der Waals surface area contributed by atoms with Gasteiger partial charge < -0.3 is 20.3 Å². The third-order valence-electron chi connectivity index (χ3n) is 8.15. The second kappa shape index (κ2) is 13.7. The van der Waals surface area contributed by atoms with Crippen LogP contribution in [0.25, 0.3) is 0 Å². The highest BCUT2D eigenvalue weighted by molar-refractivity contribution is 6.51. The second-order valence-corrected chi connectivity index (χ2v) is 13.8. The van der Waals surface area contributed by atoms with Crippen molar-refractivity contribution in [1.82, 2.24) is 15.5 Å². The van der Waals surface area contributed by atoms with Crippen molar-refractivity contribution in [2.45, 2.75) is 94.2 Å². The number of hydrogen-bond acceptors (Lipinski definition) is 6. The molecule has 0 aromatic heterocycles. The molecule has 1 saturated heterocycles. The lowest BCUT2D eigenvalue weighted by Crippen LogP contribution is -2.56. The average Bonchev–Trinajstić information content (AvgIpc) is 3.23. The lowest BCUT2D eigenvalue weighted by Gasteiger charge is -2.36. The highest BCUT2D eigenvalue weighted by Crippen LogP contribution is 2.65. The molecule has 0 aromatic rings. The maximum atomic E-state index is 14.2. The van der Waals surface area contributed by atoms with Gasteiger partial charge in [0.25, 0.3) is 5.91 Å². The third kappa shape index (κ3) is 8.13. The summed E-state index contributed by atoms with van der Waals surface area (Å²) in [6.07, 6.45) is 8.09. The number of halogens is 2. The van der Waals surface area contributed by atoms with Crippen LogP contribution in [-0.2, 0) is 28.7 Å². The van der Waals surface area contributed by atoms with Gasteiger partial charge in [0.1, 0.15) is 16.0 Å². The van der Waals surface area contributed by atoms with Gasteiger partial charge in [0, 0.05) is 24.9 Å². The van der Waals surface area contributed by atoms with Gasteiger partial charge in [-0.25, -0.2) is 0 Å².